The Morgan fingerprint density at radius 3 is 2.61 bits per heavy atom. The van der Waals surface area contributed by atoms with Gasteiger partial charge in [0.15, 0.2) is 0 Å². The van der Waals surface area contributed by atoms with Gasteiger partial charge < -0.3 is 9.15 Å². The largest absolute Gasteiger partial charge is 0.497 e. The minimum absolute atomic E-state index is 0.611. The fourth-order valence-corrected chi connectivity index (χ4v) is 3.55. The smallest absolute Gasteiger partial charge is 0.146 e. The summed E-state index contributed by atoms with van der Waals surface area (Å²) in [7, 11) is 1.64. The predicted molar refractivity (Wildman–Crippen MR) is 124 cm³/mol. The van der Waals surface area contributed by atoms with Crippen molar-refractivity contribution in [2.45, 2.75) is 0 Å². The maximum atomic E-state index is 6.23. The van der Waals surface area contributed by atoms with E-state index in [1.807, 2.05) is 78.9 Å². The van der Waals surface area contributed by atoms with Crippen molar-refractivity contribution in [3.63, 3.8) is 0 Å². The number of benzene rings is 3. The van der Waals surface area contributed by atoms with Crippen LogP contribution in [0.4, 0.5) is 5.82 Å². The van der Waals surface area contributed by atoms with E-state index in [0.717, 1.165) is 27.6 Å². The molecule has 0 atom stereocenters. The molecule has 2 heterocycles. The summed E-state index contributed by atoms with van der Waals surface area (Å²) < 4.78 is 11.4. The number of hydrogen-bond acceptors (Lipinski definition) is 5. The van der Waals surface area contributed by atoms with Gasteiger partial charge in [0.2, 0.25) is 0 Å². The highest BCUT2D eigenvalue weighted by Gasteiger charge is 2.08. The average Bonchev–Trinajstić information content (AvgIpc) is 2.82. The fourth-order valence-electron chi connectivity index (χ4n) is 3.38. The summed E-state index contributed by atoms with van der Waals surface area (Å²) in [5.74, 6) is 2.12. The topological polar surface area (TPSA) is 59.6 Å². The van der Waals surface area contributed by atoms with E-state index in [2.05, 4.69) is 15.5 Å². The number of para-hydroxylation sites is 1. The average molecular weight is 428 g/mol. The molecule has 5 aromatic rings. The third kappa shape index (κ3) is 3.96. The zero-order valence-corrected chi connectivity index (χ0v) is 17.4. The van der Waals surface area contributed by atoms with Crippen LogP contribution in [0, 0.1) is 0 Å². The fraction of sp³-hybridized carbons (Fsp3) is 0.0400. The molecule has 5 rings (SSSR count). The van der Waals surface area contributed by atoms with Crippen LogP contribution in [0.3, 0.4) is 0 Å². The van der Waals surface area contributed by atoms with Crippen LogP contribution < -0.4 is 15.5 Å². The minimum Gasteiger partial charge on any atom is -0.497 e. The Bertz CT molecular complexity index is 1460. The Balaban J connectivity index is 1.61. The first kappa shape index (κ1) is 19.2. The molecule has 3 aromatic carbocycles. The number of fused-ring (bicyclic) bond motifs is 2. The summed E-state index contributed by atoms with van der Waals surface area (Å²) in [6.07, 6.45) is 0. The number of ether oxygens (including phenoxy) is 1. The number of methoxy groups -OCH3 is 1. The van der Waals surface area contributed by atoms with Crippen LogP contribution in [-0.4, -0.2) is 12.1 Å². The van der Waals surface area contributed by atoms with Crippen LogP contribution in [0.2, 0.25) is 5.02 Å². The second-order valence-corrected chi connectivity index (χ2v) is 7.41. The summed E-state index contributed by atoms with van der Waals surface area (Å²) in [6, 6.07) is 26.9. The van der Waals surface area contributed by atoms with E-state index in [9.17, 15) is 0 Å². The van der Waals surface area contributed by atoms with E-state index in [4.69, 9.17) is 20.8 Å². The molecule has 0 unspecified atom stereocenters. The van der Waals surface area contributed by atoms with Crippen molar-refractivity contribution >= 4 is 39.3 Å². The van der Waals surface area contributed by atoms with Crippen molar-refractivity contribution in [2.24, 2.45) is 5.10 Å². The molecule has 1 N–H and O–H groups in total. The quantitative estimate of drug-likeness (QED) is 0.345. The van der Waals surface area contributed by atoms with Crippen molar-refractivity contribution in [2.75, 3.05) is 12.5 Å². The molecule has 0 radical (unpaired) electrons. The van der Waals surface area contributed by atoms with Crippen molar-refractivity contribution in [3.8, 4) is 17.1 Å². The lowest BCUT2D eigenvalue weighted by molar-refractivity contribution is 0.415. The van der Waals surface area contributed by atoms with Crippen LogP contribution in [0.25, 0.3) is 33.2 Å². The second kappa shape index (κ2) is 8.13. The summed E-state index contributed by atoms with van der Waals surface area (Å²) >= 11 is 6.23. The van der Waals surface area contributed by atoms with Crippen molar-refractivity contribution in [1.82, 2.24) is 4.98 Å². The van der Waals surface area contributed by atoms with Gasteiger partial charge in [0, 0.05) is 27.4 Å². The molecule has 0 aliphatic heterocycles. The van der Waals surface area contributed by atoms with Gasteiger partial charge >= 0.3 is 0 Å². The first-order chi connectivity index (χ1) is 15.2. The Hall–Kier alpha value is -3.83. The Labute approximate surface area is 183 Å². The lowest BCUT2D eigenvalue weighted by Crippen LogP contribution is -2.08. The maximum absolute atomic E-state index is 6.23. The van der Waals surface area contributed by atoms with Crippen molar-refractivity contribution < 1.29 is 9.15 Å². The van der Waals surface area contributed by atoms with Gasteiger partial charge in [-0.25, -0.2) is 4.98 Å². The molecule has 0 aliphatic rings. The number of anilines is 1. The molecule has 0 saturated carbocycles. The summed E-state index contributed by atoms with van der Waals surface area (Å²) in [4.78, 5) is 4.62. The van der Waals surface area contributed by atoms with Gasteiger partial charge in [-0.15, -0.1) is 0 Å². The number of rotatable bonds is 4. The Kier molecular flexibility index (Phi) is 5.02. The highest BCUT2D eigenvalue weighted by atomic mass is 35.5. The van der Waals surface area contributed by atoms with E-state index in [-0.39, 0.29) is 0 Å². The SMILES string of the molecule is COc1ccc(-c2cc(=NNc3ccc4ccccc4n3)c3cc(Cl)ccc3o2)cc1. The van der Waals surface area contributed by atoms with Crippen LogP contribution in [-0.2, 0) is 0 Å². The lowest BCUT2D eigenvalue weighted by Gasteiger charge is -2.07. The number of halogens is 1. The summed E-state index contributed by atoms with van der Waals surface area (Å²) in [5, 5.41) is 7.80. The highest BCUT2D eigenvalue weighted by Crippen LogP contribution is 2.25. The monoisotopic (exact) mass is 427 g/mol. The molecule has 2 aromatic heterocycles. The van der Waals surface area contributed by atoms with E-state index >= 15 is 0 Å². The number of hydrogen-bond donors (Lipinski definition) is 1. The Morgan fingerprint density at radius 2 is 1.77 bits per heavy atom. The van der Waals surface area contributed by atoms with Crippen molar-refractivity contribution in [1.29, 1.82) is 0 Å². The normalized spacial score (nSPS) is 11.7. The molecule has 0 spiro atoms. The van der Waals surface area contributed by atoms with E-state index < -0.39 is 0 Å². The predicted octanol–water partition coefficient (Wildman–Crippen LogP) is 6.24. The maximum Gasteiger partial charge on any atom is 0.146 e. The van der Waals surface area contributed by atoms with Crippen LogP contribution in [0.1, 0.15) is 0 Å². The number of nitrogens with one attached hydrogen (secondary N) is 1. The Morgan fingerprint density at radius 1 is 0.935 bits per heavy atom. The third-order valence-corrected chi connectivity index (χ3v) is 5.20. The molecule has 0 bridgehead atoms. The molecule has 5 nitrogen and oxygen atoms in total. The third-order valence-electron chi connectivity index (χ3n) is 4.97. The lowest BCUT2D eigenvalue weighted by atomic mass is 10.1. The second-order valence-electron chi connectivity index (χ2n) is 6.98. The molecule has 152 valence electrons. The van der Waals surface area contributed by atoms with Crippen molar-refractivity contribution in [3.05, 3.63) is 95.3 Å². The number of nitrogens with zero attached hydrogens (tertiary/aromatic N) is 2. The first-order valence-electron chi connectivity index (χ1n) is 9.73. The molecule has 6 heteroatoms. The summed E-state index contributed by atoms with van der Waals surface area (Å²) in [5.41, 5.74) is 5.57. The van der Waals surface area contributed by atoms with E-state index in [0.29, 0.717) is 27.5 Å². The standard InChI is InChI=1S/C25H18ClN3O2/c1-30-19-10-6-17(7-11-19)24-15-22(20-14-18(26)9-12-23(20)31-24)28-29-25-13-8-16-4-2-3-5-21(16)27-25/h2-15H,1H3,(H,27,29). The summed E-state index contributed by atoms with van der Waals surface area (Å²) in [6.45, 7) is 0. The van der Waals surface area contributed by atoms with Gasteiger partial charge in [0.1, 0.15) is 22.9 Å². The molecule has 31 heavy (non-hydrogen) atoms. The van der Waals surface area contributed by atoms with Gasteiger partial charge in [0.25, 0.3) is 0 Å². The van der Waals surface area contributed by atoms with Gasteiger partial charge in [-0.3, -0.25) is 5.43 Å². The minimum atomic E-state index is 0.611. The van der Waals surface area contributed by atoms with Gasteiger partial charge in [-0.05, 0) is 60.7 Å². The van der Waals surface area contributed by atoms with Crippen LogP contribution in [0.15, 0.2) is 94.4 Å². The number of aromatic nitrogens is 1. The zero-order valence-electron chi connectivity index (χ0n) is 16.7. The van der Waals surface area contributed by atoms with Gasteiger partial charge in [-0.2, -0.15) is 5.10 Å². The zero-order chi connectivity index (χ0) is 21.2. The van der Waals surface area contributed by atoms with E-state index in [1.165, 1.54) is 0 Å². The molecule has 0 amide bonds. The molecular weight excluding hydrogens is 410 g/mol. The first-order valence-corrected chi connectivity index (χ1v) is 10.1. The molecule has 0 saturated heterocycles. The molecule has 0 fully saturated rings. The van der Waals surface area contributed by atoms with E-state index in [1.54, 1.807) is 13.2 Å². The van der Waals surface area contributed by atoms with Crippen LogP contribution in [0.5, 0.6) is 5.75 Å². The number of pyridine rings is 1. The van der Waals surface area contributed by atoms with Gasteiger partial charge in [0.05, 0.1) is 18.0 Å². The molecular formula is C25H18ClN3O2. The molecule has 0 aliphatic carbocycles. The highest BCUT2D eigenvalue weighted by molar-refractivity contribution is 6.31. The van der Waals surface area contributed by atoms with Crippen LogP contribution >= 0.6 is 11.6 Å². The van der Waals surface area contributed by atoms with Gasteiger partial charge in [-0.1, -0.05) is 29.8 Å².